The van der Waals surface area contributed by atoms with E-state index in [2.05, 4.69) is 0 Å². The maximum atomic E-state index is 12.8. The SMILES string of the molecule is Cc1c(C(=O)C(F)F)ccc(F)c1F. The summed E-state index contributed by atoms with van der Waals surface area (Å²) in [6, 6.07) is 1.50. The molecule has 0 aliphatic carbocycles. The van der Waals surface area contributed by atoms with E-state index in [1.807, 2.05) is 0 Å². The Morgan fingerprint density at radius 2 is 1.86 bits per heavy atom. The van der Waals surface area contributed by atoms with Gasteiger partial charge < -0.3 is 0 Å². The van der Waals surface area contributed by atoms with E-state index in [-0.39, 0.29) is 0 Å². The molecule has 0 aliphatic heterocycles. The molecule has 0 saturated heterocycles. The summed E-state index contributed by atoms with van der Waals surface area (Å²) in [5.74, 6) is -3.92. The van der Waals surface area contributed by atoms with Gasteiger partial charge in [0.15, 0.2) is 11.6 Å². The highest BCUT2D eigenvalue weighted by atomic mass is 19.3. The number of ketones is 1. The van der Waals surface area contributed by atoms with Gasteiger partial charge in [-0.05, 0) is 24.6 Å². The van der Waals surface area contributed by atoms with Gasteiger partial charge in [-0.1, -0.05) is 0 Å². The van der Waals surface area contributed by atoms with Crippen molar-refractivity contribution in [1.29, 1.82) is 0 Å². The molecular weight excluding hydrogens is 200 g/mol. The van der Waals surface area contributed by atoms with E-state index in [0.29, 0.717) is 6.07 Å². The molecule has 0 radical (unpaired) electrons. The monoisotopic (exact) mass is 206 g/mol. The number of benzene rings is 1. The minimum atomic E-state index is -3.21. The van der Waals surface area contributed by atoms with Crippen LogP contribution in [0, 0.1) is 18.6 Å². The van der Waals surface area contributed by atoms with Crippen molar-refractivity contribution in [3.8, 4) is 0 Å². The van der Waals surface area contributed by atoms with Gasteiger partial charge >= 0.3 is 6.43 Å². The molecule has 0 bridgehead atoms. The van der Waals surface area contributed by atoms with Crippen LogP contribution in [-0.2, 0) is 0 Å². The summed E-state index contributed by atoms with van der Waals surface area (Å²) in [7, 11) is 0. The predicted octanol–water partition coefficient (Wildman–Crippen LogP) is 2.72. The number of carbonyl (C=O) groups excluding carboxylic acids is 1. The summed E-state index contributed by atoms with van der Waals surface area (Å²) in [5, 5.41) is 0. The van der Waals surface area contributed by atoms with Crippen LogP contribution in [0.4, 0.5) is 17.6 Å². The molecule has 5 heteroatoms. The highest BCUT2D eigenvalue weighted by Crippen LogP contribution is 2.18. The van der Waals surface area contributed by atoms with Gasteiger partial charge in [-0.3, -0.25) is 4.79 Å². The van der Waals surface area contributed by atoms with E-state index in [1.165, 1.54) is 0 Å². The lowest BCUT2D eigenvalue weighted by Gasteiger charge is -2.05. The minimum Gasteiger partial charge on any atom is -0.288 e. The normalized spacial score (nSPS) is 10.7. The molecule has 1 aromatic carbocycles. The number of hydrogen-bond donors (Lipinski definition) is 0. The average Bonchev–Trinajstić information content (AvgIpc) is 2.13. The van der Waals surface area contributed by atoms with Gasteiger partial charge in [-0.2, -0.15) is 0 Å². The maximum absolute atomic E-state index is 12.8. The summed E-state index contributed by atoms with van der Waals surface area (Å²) in [5.41, 5.74) is -0.880. The number of rotatable bonds is 2. The zero-order valence-corrected chi connectivity index (χ0v) is 7.15. The fraction of sp³-hybridized carbons (Fsp3) is 0.222. The lowest BCUT2D eigenvalue weighted by Crippen LogP contribution is -2.13. The first-order chi connectivity index (χ1) is 6.45. The fourth-order valence-corrected chi connectivity index (χ4v) is 1.04. The third-order valence-electron chi connectivity index (χ3n) is 1.80. The average molecular weight is 206 g/mol. The van der Waals surface area contributed by atoms with Crippen molar-refractivity contribution in [3.05, 3.63) is 34.9 Å². The molecule has 0 N–H and O–H groups in total. The third kappa shape index (κ3) is 1.76. The highest BCUT2D eigenvalue weighted by molar-refractivity contribution is 5.99. The largest absolute Gasteiger partial charge is 0.300 e. The number of alkyl halides is 2. The van der Waals surface area contributed by atoms with Gasteiger partial charge in [0.25, 0.3) is 0 Å². The first kappa shape index (κ1) is 10.7. The maximum Gasteiger partial charge on any atom is 0.300 e. The van der Waals surface area contributed by atoms with Gasteiger partial charge in [0.1, 0.15) is 0 Å². The second-order valence-corrected chi connectivity index (χ2v) is 2.70. The van der Waals surface area contributed by atoms with Crippen LogP contribution in [-0.4, -0.2) is 12.2 Å². The Morgan fingerprint density at radius 1 is 1.29 bits per heavy atom. The minimum absolute atomic E-state index is 0.393. The first-order valence-electron chi connectivity index (χ1n) is 3.72. The van der Waals surface area contributed by atoms with Gasteiger partial charge in [0.05, 0.1) is 0 Å². The first-order valence-corrected chi connectivity index (χ1v) is 3.72. The summed E-state index contributed by atoms with van der Waals surface area (Å²) in [6.07, 6.45) is -3.21. The van der Waals surface area contributed by atoms with Crippen LogP contribution < -0.4 is 0 Å². The van der Waals surface area contributed by atoms with Crippen LogP contribution in [0.5, 0.6) is 0 Å². The van der Waals surface area contributed by atoms with E-state index in [9.17, 15) is 22.4 Å². The molecule has 0 aliphatic rings. The number of carbonyl (C=O) groups is 1. The van der Waals surface area contributed by atoms with Gasteiger partial charge in [-0.25, -0.2) is 17.6 Å². The molecule has 14 heavy (non-hydrogen) atoms. The molecule has 0 amide bonds. The molecule has 0 spiro atoms. The standard InChI is InChI=1S/C9H6F4O/c1-4-5(8(14)9(12)13)2-3-6(10)7(4)11/h2-3,9H,1H3. The summed E-state index contributed by atoms with van der Waals surface area (Å²) in [4.78, 5) is 10.8. The van der Waals surface area contributed by atoms with E-state index < -0.39 is 35.0 Å². The summed E-state index contributed by atoms with van der Waals surface area (Å²) >= 11 is 0. The van der Waals surface area contributed by atoms with E-state index in [4.69, 9.17) is 0 Å². The number of hydrogen-bond acceptors (Lipinski definition) is 1. The lowest BCUT2D eigenvalue weighted by atomic mass is 10.0. The Morgan fingerprint density at radius 3 is 2.36 bits per heavy atom. The van der Waals surface area contributed by atoms with E-state index in [0.717, 1.165) is 13.0 Å². The Hall–Kier alpha value is -1.39. The smallest absolute Gasteiger partial charge is 0.288 e. The van der Waals surface area contributed by atoms with E-state index in [1.54, 1.807) is 0 Å². The summed E-state index contributed by atoms with van der Waals surface area (Å²) in [6.45, 7) is 1.08. The molecule has 0 heterocycles. The van der Waals surface area contributed by atoms with Gasteiger partial charge in [-0.15, -0.1) is 0 Å². The Kier molecular flexibility index (Phi) is 2.88. The highest BCUT2D eigenvalue weighted by Gasteiger charge is 2.22. The van der Waals surface area contributed by atoms with Crippen LogP contribution in [0.25, 0.3) is 0 Å². The Bertz CT molecular complexity index is 373. The van der Waals surface area contributed by atoms with Crippen LogP contribution in [0.2, 0.25) is 0 Å². The van der Waals surface area contributed by atoms with Crippen molar-refractivity contribution < 1.29 is 22.4 Å². The number of halogens is 4. The van der Waals surface area contributed by atoms with Crippen molar-refractivity contribution in [1.82, 2.24) is 0 Å². The molecule has 1 nitrogen and oxygen atoms in total. The molecule has 0 aromatic heterocycles. The second-order valence-electron chi connectivity index (χ2n) is 2.70. The van der Waals surface area contributed by atoms with Gasteiger partial charge in [0.2, 0.25) is 5.78 Å². The molecule has 76 valence electrons. The van der Waals surface area contributed by atoms with Crippen molar-refractivity contribution in [3.63, 3.8) is 0 Å². The molecule has 0 saturated carbocycles. The molecule has 1 aromatic rings. The van der Waals surface area contributed by atoms with Crippen LogP contribution >= 0.6 is 0 Å². The fourth-order valence-electron chi connectivity index (χ4n) is 1.04. The lowest BCUT2D eigenvalue weighted by molar-refractivity contribution is 0.0677. The molecular formula is C9H6F4O. The van der Waals surface area contributed by atoms with Crippen LogP contribution in [0.15, 0.2) is 12.1 Å². The molecule has 0 fully saturated rings. The second kappa shape index (κ2) is 3.77. The van der Waals surface area contributed by atoms with Crippen molar-refractivity contribution in [2.45, 2.75) is 13.3 Å². The third-order valence-corrected chi connectivity index (χ3v) is 1.80. The Labute approximate surface area is 77.3 Å². The quantitative estimate of drug-likeness (QED) is 0.537. The Balaban J connectivity index is 3.24. The van der Waals surface area contributed by atoms with Crippen molar-refractivity contribution >= 4 is 5.78 Å². The van der Waals surface area contributed by atoms with Crippen molar-refractivity contribution in [2.24, 2.45) is 0 Å². The van der Waals surface area contributed by atoms with Crippen LogP contribution in [0.1, 0.15) is 15.9 Å². The summed E-state index contributed by atoms with van der Waals surface area (Å²) < 4.78 is 49.3. The topological polar surface area (TPSA) is 17.1 Å². The van der Waals surface area contributed by atoms with E-state index >= 15 is 0 Å². The predicted molar refractivity (Wildman–Crippen MR) is 41.4 cm³/mol. The van der Waals surface area contributed by atoms with Crippen LogP contribution in [0.3, 0.4) is 0 Å². The number of Topliss-reactive ketones (excluding diaryl/α,β-unsaturated/α-hetero) is 1. The zero-order chi connectivity index (χ0) is 10.9. The molecule has 1 rings (SSSR count). The van der Waals surface area contributed by atoms with Gasteiger partial charge in [0, 0.05) is 5.56 Å². The zero-order valence-electron chi connectivity index (χ0n) is 7.15. The molecule has 0 unspecified atom stereocenters. The van der Waals surface area contributed by atoms with Crippen molar-refractivity contribution in [2.75, 3.05) is 0 Å². The molecule has 0 atom stereocenters.